The van der Waals surface area contributed by atoms with Crippen LogP contribution in [-0.4, -0.2) is 4.98 Å². The van der Waals surface area contributed by atoms with Gasteiger partial charge in [0.05, 0.1) is 5.56 Å². The average Bonchev–Trinajstić information content (AvgIpc) is 2.72. The predicted molar refractivity (Wildman–Crippen MR) is 98.4 cm³/mol. The molecule has 0 aliphatic carbocycles. The standard InChI is InChI=1S/C22H16N2O2/c1-2-18-9-6-14-24-22(18)26-21(15-23)19-10-12-20(13-11-19)25-16-17-7-4-3-5-8-17/h1,3-14,21H,16H2. The van der Waals surface area contributed by atoms with Gasteiger partial charge in [-0.3, -0.25) is 0 Å². The van der Waals surface area contributed by atoms with Gasteiger partial charge in [-0.1, -0.05) is 48.4 Å². The number of benzene rings is 2. The summed E-state index contributed by atoms with van der Waals surface area (Å²) in [4.78, 5) is 4.10. The molecule has 4 heteroatoms. The Balaban J connectivity index is 1.68. The van der Waals surface area contributed by atoms with Crippen LogP contribution in [0.3, 0.4) is 0 Å². The Morgan fingerprint density at radius 1 is 1.00 bits per heavy atom. The summed E-state index contributed by atoms with van der Waals surface area (Å²) < 4.78 is 11.4. The normalized spacial score (nSPS) is 11.0. The van der Waals surface area contributed by atoms with E-state index in [1.165, 1.54) is 0 Å². The quantitative estimate of drug-likeness (QED) is 0.628. The highest BCUT2D eigenvalue weighted by Gasteiger charge is 2.15. The predicted octanol–water partition coefficient (Wildman–Crippen LogP) is 4.29. The van der Waals surface area contributed by atoms with Crippen LogP contribution in [0, 0.1) is 23.7 Å². The summed E-state index contributed by atoms with van der Waals surface area (Å²) in [6.45, 7) is 0.484. The number of nitriles is 1. The SMILES string of the molecule is C#Cc1cccnc1OC(C#N)c1ccc(OCc2ccccc2)cc1. The maximum Gasteiger partial charge on any atom is 0.231 e. The zero-order valence-electron chi connectivity index (χ0n) is 14.0. The van der Waals surface area contributed by atoms with Gasteiger partial charge in [-0.25, -0.2) is 4.98 Å². The largest absolute Gasteiger partial charge is 0.489 e. The Hall–Kier alpha value is -3.76. The molecule has 0 spiro atoms. The highest BCUT2D eigenvalue weighted by Crippen LogP contribution is 2.24. The van der Waals surface area contributed by atoms with E-state index in [9.17, 15) is 5.26 Å². The zero-order valence-corrected chi connectivity index (χ0v) is 14.0. The third-order valence-electron chi connectivity index (χ3n) is 3.70. The van der Waals surface area contributed by atoms with Gasteiger partial charge in [-0.05, 0) is 29.8 Å². The lowest BCUT2D eigenvalue weighted by molar-refractivity contribution is 0.250. The Morgan fingerprint density at radius 3 is 2.46 bits per heavy atom. The van der Waals surface area contributed by atoms with Crippen molar-refractivity contribution in [1.82, 2.24) is 4.98 Å². The van der Waals surface area contributed by atoms with Crippen molar-refractivity contribution in [3.05, 3.63) is 89.6 Å². The number of terminal acetylenes is 1. The van der Waals surface area contributed by atoms with Gasteiger partial charge in [0.15, 0.2) is 0 Å². The molecular weight excluding hydrogens is 324 g/mol. The van der Waals surface area contributed by atoms with Gasteiger partial charge < -0.3 is 9.47 Å². The monoisotopic (exact) mass is 340 g/mol. The molecule has 0 radical (unpaired) electrons. The smallest absolute Gasteiger partial charge is 0.231 e. The van der Waals surface area contributed by atoms with Crippen LogP contribution in [-0.2, 0) is 6.61 Å². The molecule has 1 aromatic heterocycles. The molecule has 1 unspecified atom stereocenters. The molecule has 126 valence electrons. The van der Waals surface area contributed by atoms with Gasteiger partial charge in [-0.2, -0.15) is 5.26 Å². The minimum atomic E-state index is -0.805. The molecule has 0 fully saturated rings. The van der Waals surface area contributed by atoms with Gasteiger partial charge in [0, 0.05) is 11.8 Å². The number of hydrogen-bond acceptors (Lipinski definition) is 4. The molecule has 4 nitrogen and oxygen atoms in total. The van der Waals surface area contributed by atoms with Crippen LogP contribution in [0.15, 0.2) is 72.9 Å². The number of ether oxygens (including phenoxy) is 2. The third-order valence-corrected chi connectivity index (χ3v) is 3.70. The minimum absolute atomic E-state index is 0.269. The molecule has 0 aliphatic rings. The highest BCUT2D eigenvalue weighted by atomic mass is 16.5. The molecule has 0 bridgehead atoms. The molecule has 0 aliphatic heterocycles. The maximum absolute atomic E-state index is 9.44. The van der Waals surface area contributed by atoms with Gasteiger partial charge in [0.1, 0.15) is 18.4 Å². The molecule has 26 heavy (non-hydrogen) atoms. The van der Waals surface area contributed by atoms with Gasteiger partial charge in [0.2, 0.25) is 12.0 Å². The van der Waals surface area contributed by atoms with E-state index in [2.05, 4.69) is 17.0 Å². The molecule has 2 aromatic carbocycles. The first-order valence-electron chi connectivity index (χ1n) is 8.05. The first-order chi connectivity index (χ1) is 12.8. The molecule has 1 atom stereocenters. The van der Waals surface area contributed by atoms with Crippen LogP contribution in [0.4, 0.5) is 0 Å². The Labute approximate surface area is 152 Å². The van der Waals surface area contributed by atoms with Crippen molar-refractivity contribution >= 4 is 0 Å². The summed E-state index contributed by atoms with van der Waals surface area (Å²) in [5.74, 6) is 3.49. The van der Waals surface area contributed by atoms with E-state index in [-0.39, 0.29) is 5.88 Å². The van der Waals surface area contributed by atoms with E-state index in [1.807, 2.05) is 42.5 Å². The third kappa shape index (κ3) is 4.20. The van der Waals surface area contributed by atoms with Crippen LogP contribution in [0.25, 0.3) is 0 Å². The van der Waals surface area contributed by atoms with E-state index in [0.717, 1.165) is 11.3 Å². The van der Waals surface area contributed by atoms with Crippen molar-refractivity contribution in [1.29, 1.82) is 5.26 Å². The number of pyridine rings is 1. The van der Waals surface area contributed by atoms with E-state index in [4.69, 9.17) is 15.9 Å². The topological polar surface area (TPSA) is 55.1 Å². The summed E-state index contributed by atoms with van der Waals surface area (Å²) in [5, 5.41) is 9.44. The summed E-state index contributed by atoms with van der Waals surface area (Å²) in [6, 6.07) is 22.7. The summed E-state index contributed by atoms with van der Waals surface area (Å²) >= 11 is 0. The molecule has 0 saturated carbocycles. The van der Waals surface area contributed by atoms with Crippen molar-refractivity contribution in [3.8, 4) is 30.0 Å². The fourth-order valence-corrected chi connectivity index (χ4v) is 2.35. The summed E-state index contributed by atoms with van der Waals surface area (Å²) in [6.07, 6.45) is 6.21. The van der Waals surface area contributed by atoms with Crippen LogP contribution in [0.2, 0.25) is 0 Å². The van der Waals surface area contributed by atoms with Crippen LogP contribution < -0.4 is 9.47 Å². The van der Waals surface area contributed by atoms with Crippen LogP contribution >= 0.6 is 0 Å². The highest BCUT2D eigenvalue weighted by molar-refractivity contribution is 5.41. The molecule has 0 N–H and O–H groups in total. The molecule has 1 heterocycles. The maximum atomic E-state index is 9.44. The van der Waals surface area contributed by atoms with Crippen molar-refractivity contribution < 1.29 is 9.47 Å². The van der Waals surface area contributed by atoms with E-state index >= 15 is 0 Å². The van der Waals surface area contributed by atoms with Gasteiger partial charge in [0.25, 0.3) is 0 Å². The zero-order chi connectivity index (χ0) is 18.2. The fraction of sp³-hybridized carbons (Fsp3) is 0.0909. The van der Waals surface area contributed by atoms with Crippen molar-refractivity contribution in [2.75, 3.05) is 0 Å². The second-order valence-electron chi connectivity index (χ2n) is 5.47. The van der Waals surface area contributed by atoms with Gasteiger partial charge in [-0.15, -0.1) is 6.42 Å². The molecule has 3 aromatic rings. The summed E-state index contributed by atoms with van der Waals surface area (Å²) in [5.41, 5.74) is 2.30. The Kier molecular flexibility index (Phi) is 5.50. The van der Waals surface area contributed by atoms with E-state index in [0.29, 0.717) is 17.7 Å². The fourth-order valence-electron chi connectivity index (χ4n) is 2.35. The number of aromatic nitrogens is 1. The van der Waals surface area contributed by atoms with Crippen molar-refractivity contribution in [2.24, 2.45) is 0 Å². The Bertz CT molecular complexity index is 938. The van der Waals surface area contributed by atoms with Crippen LogP contribution in [0.1, 0.15) is 22.8 Å². The van der Waals surface area contributed by atoms with Gasteiger partial charge >= 0.3 is 0 Å². The lowest BCUT2D eigenvalue weighted by atomic mass is 10.1. The van der Waals surface area contributed by atoms with E-state index in [1.54, 1.807) is 30.5 Å². The number of rotatable bonds is 6. The summed E-state index contributed by atoms with van der Waals surface area (Å²) in [7, 11) is 0. The molecular formula is C22H16N2O2. The first-order valence-corrected chi connectivity index (χ1v) is 8.05. The average molecular weight is 340 g/mol. The second kappa shape index (κ2) is 8.37. The van der Waals surface area contributed by atoms with Crippen molar-refractivity contribution in [2.45, 2.75) is 12.7 Å². The molecule has 0 amide bonds. The number of nitrogens with zero attached hydrogens (tertiary/aromatic N) is 2. The Morgan fingerprint density at radius 2 is 1.77 bits per heavy atom. The number of hydrogen-bond donors (Lipinski definition) is 0. The van der Waals surface area contributed by atoms with Crippen molar-refractivity contribution in [3.63, 3.8) is 0 Å². The van der Waals surface area contributed by atoms with E-state index < -0.39 is 6.10 Å². The molecule has 0 saturated heterocycles. The lowest BCUT2D eigenvalue weighted by Crippen LogP contribution is -2.07. The second-order valence-corrected chi connectivity index (χ2v) is 5.47. The lowest BCUT2D eigenvalue weighted by Gasteiger charge is -2.13. The minimum Gasteiger partial charge on any atom is -0.489 e. The molecule has 3 rings (SSSR count). The first kappa shape index (κ1) is 17.1. The van der Waals surface area contributed by atoms with Crippen LogP contribution in [0.5, 0.6) is 11.6 Å².